The van der Waals surface area contributed by atoms with Gasteiger partial charge in [-0.05, 0) is 76.5 Å². The highest BCUT2D eigenvalue weighted by molar-refractivity contribution is 6.11. The molecule has 0 aliphatic heterocycles. The molecule has 10 aromatic rings. The molecule has 0 fully saturated rings. The van der Waals surface area contributed by atoms with Gasteiger partial charge in [0.15, 0.2) is 0 Å². The summed E-state index contributed by atoms with van der Waals surface area (Å²) in [5.74, 6) is 0. The number of fused-ring (bicyclic) bond motifs is 7. The van der Waals surface area contributed by atoms with Gasteiger partial charge in [-0.1, -0.05) is 115 Å². The number of nitrogens with zero attached hydrogens (tertiary/aromatic N) is 1. The first kappa shape index (κ1) is 27.5. The van der Waals surface area contributed by atoms with Crippen LogP contribution in [0.25, 0.3) is 76.9 Å². The standard InChI is InChI=1S/C46H29NO2/c1-2-12-30(13-3-1)35-16-6-9-19-41(35)47(34-23-24-38-37-18-8-11-21-43(37)48-46(38)29-34)42-20-10-7-17-36(42)33-22-25-44-39(27-33)40-26-31-14-4-5-15-32(31)28-45(40)49-44/h1-29H. The third-order valence-corrected chi connectivity index (χ3v) is 9.64. The molecule has 49 heavy (non-hydrogen) atoms. The predicted molar refractivity (Wildman–Crippen MR) is 204 cm³/mol. The number of rotatable bonds is 5. The fourth-order valence-corrected chi connectivity index (χ4v) is 7.33. The largest absolute Gasteiger partial charge is 0.456 e. The van der Waals surface area contributed by atoms with E-state index in [0.29, 0.717) is 0 Å². The van der Waals surface area contributed by atoms with Crippen molar-refractivity contribution in [1.82, 2.24) is 0 Å². The fourth-order valence-electron chi connectivity index (χ4n) is 7.33. The molecule has 2 heterocycles. The first-order chi connectivity index (χ1) is 24.3. The summed E-state index contributed by atoms with van der Waals surface area (Å²) < 4.78 is 12.8. The maximum absolute atomic E-state index is 6.42. The van der Waals surface area contributed by atoms with Gasteiger partial charge in [-0.2, -0.15) is 0 Å². The van der Waals surface area contributed by atoms with Crippen molar-refractivity contribution in [1.29, 1.82) is 0 Å². The highest BCUT2D eigenvalue weighted by atomic mass is 16.3. The summed E-state index contributed by atoms with van der Waals surface area (Å²) >= 11 is 0. The molecule has 0 unspecified atom stereocenters. The van der Waals surface area contributed by atoms with Gasteiger partial charge < -0.3 is 13.7 Å². The Bertz CT molecular complexity index is 2840. The molecule has 0 saturated heterocycles. The second-order valence-corrected chi connectivity index (χ2v) is 12.5. The van der Waals surface area contributed by atoms with Gasteiger partial charge in [0.05, 0.1) is 11.4 Å². The third kappa shape index (κ3) is 4.51. The maximum atomic E-state index is 6.42. The van der Waals surface area contributed by atoms with Crippen LogP contribution < -0.4 is 4.90 Å². The average molecular weight is 628 g/mol. The van der Waals surface area contributed by atoms with Gasteiger partial charge in [0.1, 0.15) is 22.3 Å². The molecule has 0 bridgehead atoms. The van der Waals surface area contributed by atoms with E-state index in [1.165, 1.54) is 10.8 Å². The Morgan fingerprint density at radius 3 is 1.69 bits per heavy atom. The molecule has 0 saturated carbocycles. The highest BCUT2D eigenvalue weighted by Gasteiger charge is 2.22. The molecule has 0 spiro atoms. The number of benzene rings is 8. The molecule has 0 N–H and O–H groups in total. The lowest BCUT2D eigenvalue weighted by molar-refractivity contribution is 0.669. The van der Waals surface area contributed by atoms with Crippen molar-refractivity contribution in [3.8, 4) is 22.3 Å². The van der Waals surface area contributed by atoms with Crippen LogP contribution in [-0.2, 0) is 0 Å². The lowest BCUT2D eigenvalue weighted by atomic mass is 9.97. The van der Waals surface area contributed by atoms with Crippen LogP contribution in [0, 0.1) is 0 Å². The summed E-state index contributed by atoms with van der Waals surface area (Å²) in [4.78, 5) is 2.37. The summed E-state index contributed by atoms with van der Waals surface area (Å²) in [6.45, 7) is 0. The summed E-state index contributed by atoms with van der Waals surface area (Å²) in [6, 6.07) is 62.1. The quantitative estimate of drug-likeness (QED) is 0.190. The molecule has 0 aliphatic rings. The lowest BCUT2D eigenvalue weighted by Crippen LogP contribution is -2.12. The molecule has 2 aromatic heterocycles. The van der Waals surface area contributed by atoms with Crippen LogP contribution in [0.1, 0.15) is 0 Å². The Morgan fingerprint density at radius 2 is 0.898 bits per heavy atom. The van der Waals surface area contributed by atoms with Gasteiger partial charge in [0.25, 0.3) is 0 Å². The predicted octanol–water partition coefficient (Wildman–Crippen LogP) is 13.4. The van der Waals surface area contributed by atoms with E-state index in [4.69, 9.17) is 8.83 Å². The Kier molecular flexibility index (Phi) is 6.18. The van der Waals surface area contributed by atoms with Crippen molar-refractivity contribution < 1.29 is 8.83 Å². The Hall–Kier alpha value is -6.58. The van der Waals surface area contributed by atoms with E-state index in [-0.39, 0.29) is 0 Å². The zero-order valence-corrected chi connectivity index (χ0v) is 26.5. The molecule has 0 aliphatic carbocycles. The van der Waals surface area contributed by atoms with Gasteiger partial charge in [-0.15, -0.1) is 0 Å². The van der Waals surface area contributed by atoms with Crippen molar-refractivity contribution in [2.75, 3.05) is 4.90 Å². The van der Waals surface area contributed by atoms with Gasteiger partial charge in [0.2, 0.25) is 0 Å². The van der Waals surface area contributed by atoms with Gasteiger partial charge >= 0.3 is 0 Å². The number of furan rings is 2. The Labute approximate surface area is 282 Å². The molecular weight excluding hydrogens is 599 g/mol. The minimum Gasteiger partial charge on any atom is -0.456 e. The minimum atomic E-state index is 0.858. The summed E-state index contributed by atoms with van der Waals surface area (Å²) in [5.41, 5.74) is 11.2. The van der Waals surface area contributed by atoms with Gasteiger partial charge in [-0.25, -0.2) is 0 Å². The number of anilines is 3. The average Bonchev–Trinajstić information content (AvgIpc) is 3.71. The normalized spacial score (nSPS) is 11.7. The van der Waals surface area contributed by atoms with Crippen LogP contribution in [0.2, 0.25) is 0 Å². The van der Waals surface area contributed by atoms with E-state index >= 15 is 0 Å². The smallest absolute Gasteiger partial charge is 0.137 e. The Balaban J connectivity index is 1.21. The molecule has 10 rings (SSSR count). The van der Waals surface area contributed by atoms with Crippen molar-refractivity contribution in [2.24, 2.45) is 0 Å². The van der Waals surface area contributed by atoms with E-state index in [2.05, 4.69) is 169 Å². The summed E-state index contributed by atoms with van der Waals surface area (Å²) in [7, 11) is 0. The first-order valence-corrected chi connectivity index (χ1v) is 16.6. The summed E-state index contributed by atoms with van der Waals surface area (Å²) in [5, 5.41) is 6.83. The van der Waals surface area contributed by atoms with Crippen molar-refractivity contribution in [3.05, 3.63) is 176 Å². The van der Waals surface area contributed by atoms with Crippen molar-refractivity contribution in [3.63, 3.8) is 0 Å². The molecule has 0 atom stereocenters. The number of hydrogen-bond acceptors (Lipinski definition) is 3. The van der Waals surface area contributed by atoms with Crippen LogP contribution in [0.5, 0.6) is 0 Å². The van der Waals surface area contributed by atoms with Crippen molar-refractivity contribution >= 4 is 71.7 Å². The fraction of sp³-hybridized carbons (Fsp3) is 0. The minimum absolute atomic E-state index is 0.858. The zero-order valence-electron chi connectivity index (χ0n) is 26.5. The lowest BCUT2D eigenvalue weighted by Gasteiger charge is -2.30. The van der Waals surface area contributed by atoms with Crippen LogP contribution in [0.4, 0.5) is 17.1 Å². The molecule has 3 heteroatoms. The van der Waals surface area contributed by atoms with Crippen LogP contribution in [-0.4, -0.2) is 0 Å². The van der Waals surface area contributed by atoms with Crippen LogP contribution >= 0.6 is 0 Å². The SMILES string of the molecule is c1ccc(-c2ccccc2N(c2ccc3c(c2)oc2ccccc23)c2ccccc2-c2ccc3oc4cc5ccccc5cc4c3c2)cc1. The van der Waals surface area contributed by atoms with E-state index in [1.807, 2.05) is 12.1 Å². The van der Waals surface area contributed by atoms with Gasteiger partial charge in [0, 0.05) is 44.4 Å². The molecule has 0 amide bonds. The second kappa shape index (κ2) is 11.0. The molecular formula is C46H29NO2. The highest BCUT2D eigenvalue weighted by Crippen LogP contribution is 2.46. The Morgan fingerprint density at radius 1 is 0.327 bits per heavy atom. The number of para-hydroxylation sites is 3. The zero-order chi connectivity index (χ0) is 32.3. The molecule has 230 valence electrons. The van der Waals surface area contributed by atoms with Crippen molar-refractivity contribution in [2.45, 2.75) is 0 Å². The first-order valence-electron chi connectivity index (χ1n) is 16.6. The molecule has 3 nitrogen and oxygen atoms in total. The maximum Gasteiger partial charge on any atom is 0.137 e. The van der Waals surface area contributed by atoms with E-state index in [1.54, 1.807) is 0 Å². The molecule has 0 radical (unpaired) electrons. The van der Waals surface area contributed by atoms with Crippen LogP contribution in [0.15, 0.2) is 185 Å². The summed E-state index contributed by atoms with van der Waals surface area (Å²) in [6.07, 6.45) is 0. The van der Waals surface area contributed by atoms with E-state index < -0.39 is 0 Å². The molecule has 8 aromatic carbocycles. The number of hydrogen-bond donors (Lipinski definition) is 0. The second-order valence-electron chi connectivity index (χ2n) is 12.5. The van der Waals surface area contributed by atoms with E-state index in [0.717, 1.165) is 83.2 Å². The van der Waals surface area contributed by atoms with Gasteiger partial charge in [-0.3, -0.25) is 0 Å². The monoisotopic (exact) mass is 627 g/mol. The topological polar surface area (TPSA) is 29.5 Å². The van der Waals surface area contributed by atoms with Crippen LogP contribution in [0.3, 0.4) is 0 Å². The third-order valence-electron chi connectivity index (χ3n) is 9.64. The van der Waals surface area contributed by atoms with E-state index in [9.17, 15) is 0 Å².